The molecule has 1 heterocycles. The van der Waals surface area contributed by atoms with Gasteiger partial charge in [0.25, 0.3) is 5.91 Å². The molecule has 5 nitrogen and oxygen atoms in total. The molecule has 0 bridgehead atoms. The van der Waals surface area contributed by atoms with E-state index in [-0.39, 0.29) is 5.91 Å². The number of amides is 1. The first-order valence-corrected chi connectivity index (χ1v) is 8.17. The number of benzene rings is 2. The molecule has 0 saturated heterocycles. The molecular weight excluding hydrogens is 333 g/mol. The van der Waals surface area contributed by atoms with Crippen LogP contribution in [0.3, 0.4) is 0 Å². The van der Waals surface area contributed by atoms with Gasteiger partial charge in [-0.15, -0.1) is 0 Å². The maximum absolute atomic E-state index is 14.3. The third-order valence-electron chi connectivity index (χ3n) is 4.16. The van der Waals surface area contributed by atoms with Crippen LogP contribution in [0.2, 0.25) is 0 Å². The van der Waals surface area contributed by atoms with Gasteiger partial charge in [0.2, 0.25) is 0 Å². The molecule has 3 aromatic rings. The van der Waals surface area contributed by atoms with Crippen LogP contribution in [0.15, 0.2) is 54.6 Å². The molecule has 0 saturated carbocycles. The number of methoxy groups -OCH3 is 1. The molecule has 26 heavy (non-hydrogen) atoms. The van der Waals surface area contributed by atoms with E-state index in [9.17, 15) is 9.18 Å². The summed E-state index contributed by atoms with van der Waals surface area (Å²) in [7, 11) is 4.89. The normalized spacial score (nSPS) is 10.6. The Kier molecular flexibility index (Phi) is 5.02. The minimum atomic E-state index is -0.445. The van der Waals surface area contributed by atoms with E-state index in [1.165, 1.54) is 17.9 Å². The number of rotatable bonds is 5. The van der Waals surface area contributed by atoms with E-state index in [2.05, 4.69) is 5.10 Å². The average Bonchev–Trinajstić information content (AvgIpc) is 3.03. The van der Waals surface area contributed by atoms with Gasteiger partial charge >= 0.3 is 0 Å². The Bertz CT molecular complexity index is 922. The first-order chi connectivity index (χ1) is 12.5. The van der Waals surface area contributed by atoms with Crippen LogP contribution in [-0.2, 0) is 13.6 Å². The lowest BCUT2D eigenvalue weighted by Crippen LogP contribution is -2.28. The topological polar surface area (TPSA) is 47.4 Å². The minimum absolute atomic E-state index is 0.177. The predicted octanol–water partition coefficient (Wildman–Crippen LogP) is 3.51. The predicted molar refractivity (Wildman–Crippen MR) is 97.4 cm³/mol. The van der Waals surface area contributed by atoms with E-state index < -0.39 is 5.82 Å². The summed E-state index contributed by atoms with van der Waals surface area (Å²) in [5.74, 6) is -0.191. The Morgan fingerprint density at radius 3 is 2.58 bits per heavy atom. The summed E-state index contributed by atoms with van der Waals surface area (Å²) in [5, 5.41) is 4.30. The van der Waals surface area contributed by atoms with Crippen molar-refractivity contribution in [3.05, 3.63) is 71.7 Å². The van der Waals surface area contributed by atoms with Crippen LogP contribution in [0.5, 0.6) is 5.75 Å². The van der Waals surface area contributed by atoms with E-state index in [0.717, 1.165) is 5.56 Å². The number of hydrogen-bond donors (Lipinski definition) is 0. The smallest absolute Gasteiger partial charge is 0.272 e. The maximum atomic E-state index is 14.3. The summed E-state index contributed by atoms with van der Waals surface area (Å²) in [6.07, 6.45) is 0. The highest BCUT2D eigenvalue weighted by molar-refractivity contribution is 5.93. The van der Waals surface area contributed by atoms with Crippen LogP contribution >= 0.6 is 0 Å². The molecule has 0 aliphatic rings. The van der Waals surface area contributed by atoms with E-state index in [0.29, 0.717) is 29.2 Å². The Balaban J connectivity index is 1.84. The van der Waals surface area contributed by atoms with Gasteiger partial charge in [-0.25, -0.2) is 4.39 Å². The Morgan fingerprint density at radius 1 is 1.19 bits per heavy atom. The zero-order chi connectivity index (χ0) is 18.7. The molecule has 0 N–H and O–H groups in total. The highest BCUT2D eigenvalue weighted by Crippen LogP contribution is 2.26. The van der Waals surface area contributed by atoms with Crippen molar-refractivity contribution in [2.75, 3.05) is 14.2 Å². The van der Waals surface area contributed by atoms with Crippen LogP contribution in [0.4, 0.5) is 4.39 Å². The Hall–Kier alpha value is -3.15. The van der Waals surface area contributed by atoms with Gasteiger partial charge in [-0.05, 0) is 23.8 Å². The van der Waals surface area contributed by atoms with Crippen LogP contribution in [0.1, 0.15) is 16.1 Å². The molecule has 0 fully saturated rings. The van der Waals surface area contributed by atoms with Crippen molar-refractivity contribution in [3.8, 4) is 17.0 Å². The number of carbonyl (C=O) groups excluding carboxylic acids is 1. The van der Waals surface area contributed by atoms with Crippen molar-refractivity contribution in [3.63, 3.8) is 0 Å². The molecule has 0 spiro atoms. The van der Waals surface area contributed by atoms with Crippen molar-refractivity contribution in [2.24, 2.45) is 7.05 Å². The van der Waals surface area contributed by atoms with Crippen molar-refractivity contribution < 1.29 is 13.9 Å². The van der Waals surface area contributed by atoms with Gasteiger partial charge in [0.05, 0.1) is 12.8 Å². The quantitative estimate of drug-likeness (QED) is 0.705. The molecule has 0 unspecified atom stereocenters. The highest BCUT2D eigenvalue weighted by Gasteiger charge is 2.19. The maximum Gasteiger partial charge on any atom is 0.272 e. The third-order valence-corrected chi connectivity index (χ3v) is 4.16. The van der Waals surface area contributed by atoms with E-state index in [1.807, 2.05) is 30.3 Å². The lowest BCUT2D eigenvalue weighted by Gasteiger charge is -2.17. The summed E-state index contributed by atoms with van der Waals surface area (Å²) >= 11 is 0. The minimum Gasteiger partial charge on any atom is -0.497 e. The number of hydrogen-bond acceptors (Lipinski definition) is 3. The highest BCUT2D eigenvalue weighted by atomic mass is 19.1. The monoisotopic (exact) mass is 353 g/mol. The second kappa shape index (κ2) is 7.39. The summed E-state index contributed by atoms with van der Waals surface area (Å²) in [4.78, 5) is 14.4. The fourth-order valence-corrected chi connectivity index (χ4v) is 2.75. The zero-order valence-electron chi connectivity index (χ0n) is 14.9. The second-order valence-electron chi connectivity index (χ2n) is 6.03. The Morgan fingerprint density at radius 2 is 1.92 bits per heavy atom. The fourth-order valence-electron chi connectivity index (χ4n) is 2.75. The fraction of sp³-hybridized carbons (Fsp3) is 0.200. The number of halogens is 1. The van der Waals surface area contributed by atoms with Gasteiger partial charge in [0.15, 0.2) is 0 Å². The molecule has 1 amide bonds. The van der Waals surface area contributed by atoms with Crippen LogP contribution < -0.4 is 4.74 Å². The Labute approximate surface area is 151 Å². The standard InChI is InChI=1S/C20H20FN3O2/c1-23(13-14-7-5-4-6-8-14)20(25)19-12-18(22-24(19)2)16-10-9-15(26-3)11-17(16)21/h4-12H,13H2,1-3H3. The van der Waals surface area contributed by atoms with Crippen molar-refractivity contribution in [1.82, 2.24) is 14.7 Å². The summed E-state index contributed by atoms with van der Waals surface area (Å²) in [6.45, 7) is 0.483. The summed E-state index contributed by atoms with van der Waals surface area (Å²) < 4.78 is 20.8. The summed E-state index contributed by atoms with van der Waals surface area (Å²) in [6, 6.07) is 15.9. The number of aromatic nitrogens is 2. The first kappa shape index (κ1) is 17.7. The lowest BCUT2D eigenvalue weighted by atomic mass is 10.1. The molecule has 134 valence electrons. The average molecular weight is 353 g/mol. The van der Waals surface area contributed by atoms with Crippen LogP contribution in [-0.4, -0.2) is 34.7 Å². The zero-order valence-corrected chi connectivity index (χ0v) is 14.9. The van der Waals surface area contributed by atoms with Gasteiger partial charge in [-0.2, -0.15) is 5.10 Å². The molecule has 0 radical (unpaired) electrons. The third kappa shape index (κ3) is 3.59. The lowest BCUT2D eigenvalue weighted by molar-refractivity contribution is 0.0774. The van der Waals surface area contributed by atoms with E-state index >= 15 is 0 Å². The molecule has 3 rings (SSSR count). The van der Waals surface area contributed by atoms with Gasteiger partial charge < -0.3 is 9.64 Å². The SMILES string of the molecule is COc1ccc(-c2cc(C(=O)N(C)Cc3ccccc3)n(C)n2)c(F)c1. The van der Waals surface area contributed by atoms with E-state index in [1.54, 1.807) is 37.2 Å². The number of ether oxygens (including phenoxy) is 1. The van der Waals surface area contributed by atoms with Gasteiger partial charge in [0.1, 0.15) is 17.3 Å². The van der Waals surface area contributed by atoms with Crippen LogP contribution in [0.25, 0.3) is 11.3 Å². The van der Waals surface area contributed by atoms with Crippen LogP contribution in [0, 0.1) is 5.82 Å². The van der Waals surface area contributed by atoms with Gasteiger partial charge in [-0.1, -0.05) is 30.3 Å². The molecule has 0 aliphatic carbocycles. The molecule has 2 aromatic carbocycles. The number of aryl methyl sites for hydroxylation is 1. The van der Waals surface area contributed by atoms with Crippen molar-refractivity contribution >= 4 is 5.91 Å². The van der Waals surface area contributed by atoms with E-state index in [4.69, 9.17) is 4.74 Å². The number of carbonyl (C=O) groups is 1. The molecule has 0 aliphatic heterocycles. The molecule has 0 atom stereocenters. The largest absolute Gasteiger partial charge is 0.497 e. The van der Waals surface area contributed by atoms with Gasteiger partial charge in [0, 0.05) is 32.3 Å². The number of nitrogens with zero attached hydrogens (tertiary/aromatic N) is 3. The van der Waals surface area contributed by atoms with Crippen molar-refractivity contribution in [1.29, 1.82) is 0 Å². The van der Waals surface area contributed by atoms with Gasteiger partial charge in [-0.3, -0.25) is 9.48 Å². The first-order valence-electron chi connectivity index (χ1n) is 8.17. The molecule has 6 heteroatoms. The summed E-state index contributed by atoms with van der Waals surface area (Å²) in [5.41, 5.74) is 2.16. The molecular formula is C20H20FN3O2. The molecule has 1 aromatic heterocycles. The van der Waals surface area contributed by atoms with Crippen molar-refractivity contribution in [2.45, 2.75) is 6.54 Å². The second-order valence-corrected chi connectivity index (χ2v) is 6.03.